The number of benzene rings is 4. The molecule has 5 rings (SSSR count). The predicted octanol–water partition coefficient (Wildman–Crippen LogP) is 7.23. The van der Waals surface area contributed by atoms with Gasteiger partial charge in [-0.3, -0.25) is 0 Å². The van der Waals surface area contributed by atoms with Crippen LogP contribution >= 0.6 is 11.3 Å². The summed E-state index contributed by atoms with van der Waals surface area (Å²) in [7, 11) is 1.66. The van der Waals surface area contributed by atoms with Crippen LogP contribution in [0, 0.1) is 0 Å². The molecule has 0 bridgehead atoms. The van der Waals surface area contributed by atoms with Crippen molar-refractivity contribution < 1.29 is 14.3 Å². The second-order valence-corrected chi connectivity index (χ2v) is 7.97. The lowest BCUT2D eigenvalue weighted by Crippen LogP contribution is -1.86. The van der Waals surface area contributed by atoms with Gasteiger partial charge in [-0.05, 0) is 46.7 Å². The Labute approximate surface area is 178 Å². The van der Waals surface area contributed by atoms with Gasteiger partial charge < -0.3 is 9.84 Å². The van der Waals surface area contributed by atoms with Crippen molar-refractivity contribution in [3.63, 3.8) is 0 Å². The first-order valence-corrected chi connectivity index (χ1v) is 10.4. The van der Waals surface area contributed by atoms with Gasteiger partial charge in [0.2, 0.25) is 0 Å². The van der Waals surface area contributed by atoms with Crippen LogP contribution in [0.5, 0.6) is 11.5 Å². The van der Waals surface area contributed by atoms with Crippen LogP contribution in [-0.4, -0.2) is 12.2 Å². The van der Waals surface area contributed by atoms with Crippen molar-refractivity contribution in [2.75, 3.05) is 7.11 Å². The third-order valence-electron chi connectivity index (χ3n) is 5.07. The lowest BCUT2D eigenvalue weighted by molar-refractivity contribution is 0.415. The molecule has 0 amide bonds. The number of hydrogen-bond donors (Lipinski definition) is 1. The Bertz CT molecular complexity index is 1370. The first kappa shape index (κ1) is 18.4. The van der Waals surface area contributed by atoms with Crippen molar-refractivity contribution in [3.8, 4) is 11.5 Å². The van der Waals surface area contributed by atoms with Crippen LogP contribution in [0.2, 0.25) is 0 Å². The van der Waals surface area contributed by atoms with E-state index >= 15 is 0 Å². The molecule has 1 aromatic heterocycles. The first-order valence-electron chi connectivity index (χ1n) is 9.62. The van der Waals surface area contributed by atoms with Gasteiger partial charge in [0.25, 0.3) is 0 Å². The zero-order valence-corrected chi connectivity index (χ0v) is 17.1. The molecule has 0 unspecified atom stereocenters. The maximum atomic E-state index is 10.5. The van der Waals surface area contributed by atoms with Crippen LogP contribution in [0.1, 0.15) is 16.2 Å². The molecule has 1 heterocycles. The largest absolute Gasteiger partial charge is 0.507 e. The number of fused-ring (bicyclic) bond motifs is 3. The van der Waals surface area contributed by atoms with E-state index in [2.05, 4.69) is 18.2 Å². The normalized spacial score (nSPS) is 11.8. The highest BCUT2D eigenvalue weighted by Gasteiger charge is 2.26. The minimum atomic E-state index is 0.266. The van der Waals surface area contributed by atoms with Crippen LogP contribution in [0.3, 0.4) is 0 Å². The summed E-state index contributed by atoms with van der Waals surface area (Å²) in [6.07, 6.45) is 2.12. The Morgan fingerprint density at radius 3 is 2.33 bits per heavy atom. The van der Waals surface area contributed by atoms with Gasteiger partial charge >= 0.3 is 10.7 Å². The number of phenolic OH excluding ortho intramolecular Hbond substituents is 1. The Balaban J connectivity index is 1.72. The average Bonchev–Trinajstić information content (AvgIpc) is 3.22. The second kappa shape index (κ2) is 7.65. The van der Waals surface area contributed by atoms with Crippen molar-refractivity contribution in [1.82, 2.24) is 0 Å². The quantitative estimate of drug-likeness (QED) is 0.250. The molecule has 0 spiro atoms. The van der Waals surface area contributed by atoms with Gasteiger partial charge in [-0.25, -0.2) is 0 Å². The number of rotatable bonds is 4. The molecule has 0 aliphatic carbocycles. The van der Waals surface area contributed by atoms with Crippen LogP contribution in [0.25, 0.3) is 32.7 Å². The van der Waals surface area contributed by atoms with Gasteiger partial charge in [0, 0.05) is 11.5 Å². The molecule has 0 saturated heterocycles. The van der Waals surface area contributed by atoms with Gasteiger partial charge in [0.1, 0.15) is 16.2 Å². The average molecular weight is 412 g/mol. The maximum absolute atomic E-state index is 10.5. The molecule has 5 aromatic rings. The van der Waals surface area contributed by atoms with E-state index in [9.17, 15) is 5.11 Å². The summed E-state index contributed by atoms with van der Waals surface area (Å²) in [5.41, 5.74) is 3.90. The minimum Gasteiger partial charge on any atom is -0.507 e. The van der Waals surface area contributed by atoms with E-state index in [4.69, 9.17) is 9.15 Å². The van der Waals surface area contributed by atoms with Gasteiger partial charge in [0.05, 0.1) is 18.1 Å². The molecule has 0 fully saturated rings. The van der Waals surface area contributed by atoms with Crippen molar-refractivity contribution in [2.24, 2.45) is 0 Å². The smallest absolute Gasteiger partial charge is 0.418 e. The molecule has 30 heavy (non-hydrogen) atoms. The molecule has 146 valence electrons. The predicted molar refractivity (Wildman–Crippen MR) is 124 cm³/mol. The first-order chi connectivity index (χ1) is 14.7. The lowest BCUT2D eigenvalue weighted by Gasteiger charge is -2.02. The molecule has 0 radical (unpaired) electrons. The number of ether oxygens (including phenoxy) is 1. The van der Waals surface area contributed by atoms with E-state index in [-0.39, 0.29) is 5.75 Å². The SMILES string of the molecule is COc1ccc(/C=C(\c2ccccc2)c2[o+]c3c(cc(O)c4ccccc43)s2)cc1. The van der Waals surface area contributed by atoms with Crippen molar-refractivity contribution in [1.29, 1.82) is 0 Å². The molecular formula is C26H19O3S+. The van der Waals surface area contributed by atoms with Crippen LogP contribution < -0.4 is 4.74 Å². The summed E-state index contributed by atoms with van der Waals surface area (Å²) in [5.74, 6) is 1.09. The minimum absolute atomic E-state index is 0.266. The number of phenols is 1. The molecule has 4 heteroatoms. The summed E-state index contributed by atoms with van der Waals surface area (Å²) < 4.78 is 12.6. The van der Waals surface area contributed by atoms with E-state index in [1.165, 1.54) is 11.3 Å². The van der Waals surface area contributed by atoms with Crippen LogP contribution in [0.4, 0.5) is 0 Å². The second-order valence-electron chi connectivity index (χ2n) is 6.96. The Kier molecular flexibility index (Phi) is 4.69. The lowest BCUT2D eigenvalue weighted by atomic mass is 10.0. The molecule has 3 nitrogen and oxygen atoms in total. The fourth-order valence-corrected chi connectivity index (χ4v) is 4.58. The molecule has 0 aliphatic heterocycles. The number of aromatic hydroxyl groups is 1. The zero-order valence-electron chi connectivity index (χ0n) is 16.3. The van der Waals surface area contributed by atoms with Crippen molar-refractivity contribution in [3.05, 3.63) is 101 Å². The molecular weight excluding hydrogens is 392 g/mol. The summed E-state index contributed by atoms with van der Waals surface area (Å²) in [5, 5.41) is 13.0. The van der Waals surface area contributed by atoms with Crippen molar-refractivity contribution >= 4 is 44.0 Å². The number of methoxy groups -OCH3 is 1. The highest BCUT2D eigenvalue weighted by molar-refractivity contribution is 7.19. The highest BCUT2D eigenvalue weighted by atomic mass is 32.1. The topological polar surface area (TPSA) is 40.8 Å². The fraction of sp³-hybridized carbons (Fsp3) is 0.0385. The van der Waals surface area contributed by atoms with Gasteiger partial charge in [0.15, 0.2) is 0 Å². The van der Waals surface area contributed by atoms with Gasteiger partial charge in [-0.1, -0.05) is 60.7 Å². The van der Waals surface area contributed by atoms with E-state index in [0.717, 1.165) is 48.6 Å². The van der Waals surface area contributed by atoms with Crippen LogP contribution in [-0.2, 0) is 0 Å². The summed E-state index contributed by atoms with van der Waals surface area (Å²) in [6, 6.07) is 27.7. The summed E-state index contributed by atoms with van der Waals surface area (Å²) >= 11 is 1.54. The molecule has 0 saturated carbocycles. The van der Waals surface area contributed by atoms with Gasteiger partial charge in [-0.2, -0.15) is 4.42 Å². The third kappa shape index (κ3) is 3.31. The fourth-order valence-electron chi connectivity index (χ4n) is 3.55. The van der Waals surface area contributed by atoms with E-state index < -0.39 is 0 Å². The molecule has 0 aliphatic rings. The van der Waals surface area contributed by atoms with Gasteiger partial charge in [-0.15, -0.1) is 0 Å². The Morgan fingerprint density at radius 2 is 1.60 bits per heavy atom. The van der Waals surface area contributed by atoms with E-state index in [1.807, 2.05) is 66.7 Å². The van der Waals surface area contributed by atoms with E-state index in [0.29, 0.717) is 0 Å². The number of hydrogen-bond acceptors (Lipinski definition) is 3. The molecule has 1 N–H and O–H groups in total. The van der Waals surface area contributed by atoms with Crippen LogP contribution in [0.15, 0.2) is 89.3 Å². The molecule has 4 aromatic carbocycles. The Morgan fingerprint density at radius 1 is 0.900 bits per heavy atom. The van der Waals surface area contributed by atoms with E-state index in [1.54, 1.807) is 13.2 Å². The maximum Gasteiger partial charge on any atom is 0.418 e. The standard InChI is InChI=1S/C26H18O3S/c1-28-19-13-11-17(12-14-19)15-22(18-7-3-2-4-8-18)26-29-25-21-10-6-5-9-20(21)23(27)16-24(25)30-26/h2-16H,1H3/p+1/b22-15+. The molecule has 0 atom stereocenters. The zero-order chi connectivity index (χ0) is 20.5. The summed E-state index contributed by atoms with van der Waals surface area (Å²) in [4.78, 5) is 0. The summed E-state index contributed by atoms with van der Waals surface area (Å²) in [6.45, 7) is 0. The monoisotopic (exact) mass is 411 g/mol. The highest BCUT2D eigenvalue weighted by Crippen LogP contribution is 2.41. The third-order valence-corrected chi connectivity index (χ3v) is 6.08. The Hall–Kier alpha value is -3.63. The van der Waals surface area contributed by atoms with Crippen molar-refractivity contribution in [2.45, 2.75) is 0 Å².